The summed E-state index contributed by atoms with van der Waals surface area (Å²) in [4.78, 5) is 24.9. The normalized spacial score (nSPS) is 11.9. The average Bonchev–Trinajstić information content (AvgIpc) is 3.13. The Kier molecular flexibility index (Phi) is 7.69. The zero-order chi connectivity index (χ0) is 23.3. The van der Waals surface area contributed by atoms with Crippen LogP contribution >= 0.6 is 11.8 Å². The smallest absolute Gasteiger partial charge is 0.252 e. The highest BCUT2D eigenvalue weighted by molar-refractivity contribution is 7.99. The summed E-state index contributed by atoms with van der Waals surface area (Å²) in [5.41, 5.74) is 3.55. The van der Waals surface area contributed by atoms with Gasteiger partial charge in [-0.25, -0.2) is 0 Å². The van der Waals surface area contributed by atoms with E-state index in [0.29, 0.717) is 22.5 Å². The number of rotatable bonds is 8. The van der Waals surface area contributed by atoms with Crippen molar-refractivity contribution in [2.75, 3.05) is 11.1 Å². The first-order valence-corrected chi connectivity index (χ1v) is 11.5. The van der Waals surface area contributed by atoms with Crippen LogP contribution in [-0.2, 0) is 11.8 Å². The lowest BCUT2D eigenvalue weighted by Gasteiger charge is -2.14. The van der Waals surface area contributed by atoms with Gasteiger partial charge in [0.25, 0.3) is 5.91 Å². The van der Waals surface area contributed by atoms with Gasteiger partial charge in [0, 0.05) is 18.3 Å². The number of hydrogen-bond donors (Lipinski definition) is 2. The third-order valence-corrected chi connectivity index (χ3v) is 6.21. The van der Waals surface area contributed by atoms with Crippen molar-refractivity contribution >= 4 is 29.3 Å². The molecule has 0 unspecified atom stereocenters. The Morgan fingerprint density at radius 2 is 1.72 bits per heavy atom. The maximum Gasteiger partial charge on any atom is 0.252 e. The van der Waals surface area contributed by atoms with E-state index in [0.717, 1.165) is 11.3 Å². The van der Waals surface area contributed by atoms with E-state index in [9.17, 15) is 9.59 Å². The van der Waals surface area contributed by atoms with E-state index in [2.05, 4.69) is 34.7 Å². The van der Waals surface area contributed by atoms with Crippen LogP contribution in [0.25, 0.3) is 0 Å². The van der Waals surface area contributed by atoms with E-state index in [4.69, 9.17) is 0 Å². The molecule has 1 heterocycles. The molecule has 2 N–H and O–H groups in total. The van der Waals surface area contributed by atoms with Crippen LogP contribution < -0.4 is 10.6 Å². The first kappa shape index (κ1) is 23.5. The van der Waals surface area contributed by atoms with Crippen molar-refractivity contribution < 1.29 is 9.59 Å². The van der Waals surface area contributed by atoms with E-state index in [-0.39, 0.29) is 23.6 Å². The van der Waals surface area contributed by atoms with Crippen LogP contribution in [-0.4, -0.2) is 32.3 Å². The maximum atomic E-state index is 12.6. The third-order valence-electron chi connectivity index (χ3n) is 5.19. The highest BCUT2D eigenvalue weighted by Gasteiger charge is 2.19. The van der Waals surface area contributed by atoms with Crippen molar-refractivity contribution in [3.8, 4) is 0 Å². The molecular weight excluding hydrogens is 422 g/mol. The number of anilines is 1. The van der Waals surface area contributed by atoms with Crippen molar-refractivity contribution in [2.45, 2.75) is 44.8 Å². The molecule has 32 heavy (non-hydrogen) atoms. The summed E-state index contributed by atoms with van der Waals surface area (Å²) in [6, 6.07) is 15.0. The molecular formula is C24H29N5O2S. The SMILES string of the molecule is Cc1ccccc1C(=O)N[C@H](C)c1nnc(SCC(=O)Nc2ccc(C(C)C)cc2)n1C. The number of amides is 2. The maximum absolute atomic E-state index is 12.6. The number of thioether (sulfide) groups is 1. The second-order valence-electron chi connectivity index (χ2n) is 8.02. The predicted octanol–water partition coefficient (Wildman–Crippen LogP) is 4.47. The summed E-state index contributed by atoms with van der Waals surface area (Å²) in [6.45, 7) is 8.03. The number of nitrogens with one attached hydrogen (secondary N) is 2. The van der Waals surface area contributed by atoms with Crippen LogP contribution in [0.3, 0.4) is 0 Å². The van der Waals surface area contributed by atoms with Crippen LogP contribution in [0.4, 0.5) is 5.69 Å². The lowest BCUT2D eigenvalue weighted by molar-refractivity contribution is -0.113. The van der Waals surface area contributed by atoms with Gasteiger partial charge >= 0.3 is 0 Å². The summed E-state index contributed by atoms with van der Waals surface area (Å²) in [5.74, 6) is 1.01. The van der Waals surface area contributed by atoms with Gasteiger partial charge < -0.3 is 15.2 Å². The molecule has 8 heteroatoms. The Morgan fingerprint density at radius 3 is 2.38 bits per heavy atom. The van der Waals surface area contributed by atoms with Gasteiger partial charge in [-0.3, -0.25) is 9.59 Å². The van der Waals surface area contributed by atoms with E-state index in [1.54, 1.807) is 10.6 Å². The van der Waals surface area contributed by atoms with E-state index in [1.165, 1.54) is 17.3 Å². The molecule has 1 aromatic heterocycles. The lowest BCUT2D eigenvalue weighted by Crippen LogP contribution is -2.29. The molecule has 0 saturated carbocycles. The Hall–Kier alpha value is -3.13. The molecule has 0 fully saturated rings. The number of carbonyl (C=O) groups is 2. The van der Waals surface area contributed by atoms with Crippen molar-refractivity contribution in [3.63, 3.8) is 0 Å². The first-order valence-electron chi connectivity index (χ1n) is 10.5. The van der Waals surface area contributed by atoms with Crippen molar-refractivity contribution in [1.29, 1.82) is 0 Å². The Bertz CT molecular complexity index is 1090. The number of benzene rings is 2. The van der Waals surface area contributed by atoms with Crippen LogP contribution in [0.1, 0.15) is 60.0 Å². The van der Waals surface area contributed by atoms with Crippen LogP contribution in [0, 0.1) is 6.92 Å². The molecule has 2 amide bonds. The summed E-state index contributed by atoms with van der Waals surface area (Å²) < 4.78 is 1.80. The molecule has 0 aliphatic carbocycles. The van der Waals surface area contributed by atoms with Gasteiger partial charge in [0.05, 0.1) is 11.8 Å². The number of carbonyl (C=O) groups excluding carboxylic acids is 2. The second-order valence-corrected chi connectivity index (χ2v) is 8.97. The minimum atomic E-state index is -0.331. The van der Waals surface area contributed by atoms with Crippen molar-refractivity contribution in [3.05, 3.63) is 71.0 Å². The summed E-state index contributed by atoms with van der Waals surface area (Å²) in [7, 11) is 1.83. The number of aryl methyl sites for hydroxylation is 1. The Labute approximate surface area is 193 Å². The standard InChI is InChI=1S/C24H29N5O2S/c1-15(2)18-10-12-19(13-11-18)26-21(30)14-32-24-28-27-22(29(24)5)17(4)25-23(31)20-9-7-6-8-16(20)3/h6-13,15,17H,14H2,1-5H3,(H,25,31)(H,26,30)/t17-/m1/s1. The van der Waals surface area contributed by atoms with Crippen LogP contribution in [0.5, 0.6) is 0 Å². The van der Waals surface area contributed by atoms with Gasteiger partial charge in [-0.1, -0.05) is 55.9 Å². The third kappa shape index (κ3) is 5.76. The van der Waals surface area contributed by atoms with Gasteiger partial charge in [-0.2, -0.15) is 0 Å². The van der Waals surface area contributed by atoms with Crippen LogP contribution in [0.15, 0.2) is 53.7 Å². The fraction of sp³-hybridized carbons (Fsp3) is 0.333. The predicted molar refractivity (Wildman–Crippen MR) is 128 cm³/mol. The topological polar surface area (TPSA) is 88.9 Å². The molecule has 0 radical (unpaired) electrons. The van der Waals surface area contributed by atoms with Crippen molar-refractivity contribution in [1.82, 2.24) is 20.1 Å². The molecule has 2 aromatic carbocycles. The first-order chi connectivity index (χ1) is 15.3. The largest absolute Gasteiger partial charge is 0.342 e. The fourth-order valence-electron chi connectivity index (χ4n) is 3.27. The average molecular weight is 452 g/mol. The molecule has 0 saturated heterocycles. The molecule has 0 spiro atoms. The number of hydrogen-bond acceptors (Lipinski definition) is 5. The van der Waals surface area contributed by atoms with E-state index < -0.39 is 0 Å². The quantitative estimate of drug-likeness (QED) is 0.493. The van der Waals surface area contributed by atoms with E-state index >= 15 is 0 Å². The van der Waals surface area contributed by atoms with Gasteiger partial charge in [0.2, 0.25) is 5.91 Å². The van der Waals surface area contributed by atoms with Gasteiger partial charge in [-0.05, 0) is 49.1 Å². The zero-order valence-electron chi connectivity index (χ0n) is 19.0. The van der Waals surface area contributed by atoms with Gasteiger partial charge in [0.15, 0.2) is 11.0 Å². The molecule has 3 rings (SSSR count). The molecule has 3 aromatic rings. The van der Waals surface area contributed by atoms with Gasteiger partial charge in [0.1, 0.15) is 0 Å². The molecule has 168 valence electrons. The molecule has 0 aliphatic heterocycles. The summed E-state index contributed by atoms with van der Waals surface area (Å²) in [6.07, 6.45) is 0. The minimum absolute atomic E-state index is 0.113. The number of nitrogens with zero attached hydrogens (tertiary/aromatic N) is 3. The highest BCUT2D eigenvalue weighted by Crippen LogP contribution is 2.21. The number of aromatic nitrogens is 3. The summed E-state index contributed by atoms with van der Waals surface area (Å²) in [5, 5.41) is 14.9. The lowest BCUT2D eigenvalue weighted by atomic mass is 10.0. The zero-order valence-corrected chi connectivity index (χ0v) is 19.9. The Balaban J connectivity index is 1.56. The van der Waals surface area contributed by atoms with Crippen molar-refractivity contribution in [2.24, 2.45) is 7.05 Å². The van der Waals surface area contributed by atoms with E-state index in [1.807, 2.05) is 63.4 Å². The monoisotopic (exact) mass is 451 g/mol. The molecule has 7 nitrogen and oxygen atoms in total. The Morgan fingerprint density at radius 1 is 1.03 bits per heavy atom. The highest BCUT2D eigenvalue weighted by atomic mass is 32.2. The molecule has 1 atom stereocenters. The van der Waals surface area contributed by atoms with Gasteiger partial charge in [-0.15, -0.1) is 10.2 Å². The molecule has 0 aliphatic rings. The fourth-order valence-corrected chi connectivity index (χ4v) is 3.99. The summed E-state index contributed by atoms with van der Waals surface area (Å²) >= 11 is 1.30. The minimum Gasteiger partial charge on any atom is -0.342 e. The van der Waals surface area contributed by atoms with Crippen LogP contribution in [0.2, 0.25) is 0 Å². The molecule has 0 bridgehead atoms. The second kappa shape index (κ2) is 10.5.